The Hall–Kier alpha value is -1.64. The summed E-state index contributed by atoms with van der Waals surface area (Å²) in [6, 6.07) is 3.89. The largest absolute Gasteiger partial charge is 0.298 e. The van der Waals surface area contributed by atoms with Crippen molar-refractivity contribution in [3.8, 4) is 0 Å². The Morgan fingerprint density at radius 2 is 2.42 bits per heavy atom. The van der Waals surface area contributed by atoms with E-state index in [1.54, 1.807) is 10.7 Å². The number of rotatable bonds is 1. The van der Waals surface area contributed by atoms with Crippen LogP contribution in [0.1, 0.15) is 15.9 Å². The van der Waals surface area contributed by atoms with Gasteiger partial charge in [-0.3, -0.25) is 4.79 Å². The van der Waals surface area contributed by atoms with Crippen LogP contribution in [0, 0.1) is 6.92 Å². The lowest BCUT2D eigenvalue weighted by Crippen LogP contribution is -1.86. The molecule has 0 radical (unpaired) electrons. The van der Waals surface area contributed by atoms with E-state index in [4.69, 9.17) is 0 Å². The Kier molecular flexibility index (Phi) is 1.43. The average Bonchev–Trinajstić information content (AvgIpc) is 2.46. The van der Waals surface area contributed by atoms with Crippen LogP contribution in [0.4, 0.5) is 0 Å². The molecule has 12 heavy (non-hydrogen) atoms. The van der Waals surface area contributed by atoms with Gasteiger partial charge in [-0.2, -0.15) is 5.10 Å². The molecule has 2 rings (SSSR count). The highest BCUT2D eigenvalue weighted by Crippen LogP contribution is 2.09. The third-order valence-electron chi connectivity index (χ3n) is 1.83. The summed E-state index contributed by atoms with van der Waals surface area (Å²) in [5.74, 6) is 0. The summed E-state index contributed by atoms with van der Waals surface area (Å²) >= 11 is 0. The molecule has 0 aromatic carbocycles. The van der Waals surface area contributed by atoms with Crippen molar-refractivity contribution >= 4 is 11.8 Å². The van der Waals surface area contributed by atoms with Crippen LogP contribution in [0.3, 0.4) is 0 Å². The number of nitrogens with zero attached hydrogens (tertiary/aromatic N) is 2. The number of aryl methyl sites for hydroxylation is 1. The highest BCUT2D eigenvalue weighted by molar-refractivity contribution is 5.85. The standard InChI is InChI=1S/C9H8N2O/c1-7-2-3-11-9(4-7)8(6-12)5-10-11/h2-6H,1H3. The minimum atomic E-state index is 0.638. The number of fused-ring (bicyclic) bond motifs is 1. The summed E-state index contributed by atoms with van der Waals surface area (Å²) < 4.78 is 1.69. The second-order valence-electron chi connectivity index (χ2n) is 2.75. The quantitative estimate of drug-likeness (QED) is 0.592. The Labute approximate surface area is 69.6 Å². The minimum Gasteiger partial charge on any atom is -0.298 e. The van der Waals surface area contributed by atoms with Crippen molar-refractivity contribution < 1.29 is 4.79 Å². The fourth-order valence-corrected chi connectivity index (χ4v) is 1.20. The second kappa shape index (κ2) is 2.44. The summed E-state index contributed by atoms with van der Waals surface area (Å²) in [7, 11) is 0. The van der Waals surface area contributed by atoms with Gasteiger partial charge in [0.25, 0.3) is 0 Å². The molecule has 0 spiro atoms. The SMILES string of the molecule is Cc1ccn2ncc(C=O)c2c1. The van der Waals surface area contributed by atoms with Crippen LogP contribution in [-0.4, -0.2) is 15.9 Å². The maximum absolute atomic E-state index is 10.5. The van der Waals surface area contributed by atoms with E-state index in [0.717, 1.165) is 17.4 Å². The molecule has 0 saturated carbocycles. The first-order valence-electron chi connectivity index (χ1n) is 3.70. The van der Waals surface area contributed by atoms with Gasteiger partial charge in [-0.1, -0.05) is 0 Å². The van der Waals surface area contributed by atoms with Crippen molar-refractivity contribution in [3.63, 3.8) is 0 Å². The number of carbonyl (C=O) groups is 1. The van der Waals surface area contributed by atoms with Gasteiger partial charge >= 0.3 is 0 Å². The molecule has 0 N–H and O–H groups in total. The van der Waals surface area contributed by atoms with Crippen molar-refractivity contribution in [1.29, 1.82) is 0 Å². The first-order chi connectivity index (χ1) is 5.81. The van der Waals surface area contributed by atoms with Crippen LogP contribution in [0.5, 0.6) is 0 Å². The fourth-order valence-electron chi connectivity index (χ4n) is 1.20. The fraction of sp³-hybridized carbons (Fsp3) is 0.111. The molecule has 0 aliphatic heterocycles. The van der Waals surface area contributed by atoms with E-state index in [2.05, 4.69) is 5.10 Å². The van der Waals surface area contributed by atoms with E-state index >= 15 is 0 Å². The molecule has 3 nitrogen and oxygen atoms in total. The van der Waals surface area contributed by atoms with Crippen LogP contribution < -0.4 is 0 Å². The van der Waals surface area contributed by atoms with Gasteiger partial charge in [-0.05, 0) is 24.6 Å². The van der Waals surface area contributed by atoms with Gasteiger partial charge in [0.2, 0.25) is 0 Å². The molecular formula is C9H8N2O. The topological polar surface area (TPSA) is 34.4 Å². The Morgan fingerprint density at radius 1 is 1.58 bits per heavy atom. The summed E-state index contributed by atoms with van der Waals surface area (Å²) in [5, 5.41) is 4.02. The molecule has 0 atom stereocenters. The van der Waals surface area contributed by atoms with Crippen LogP contribution in [-0.2, 0) is 0 Å². The van der Waals surface area contributed by atoms with Gasteiger partial charge < -0.3 is 0 Å². The number of hydrogen-bond acceptors (Lipinski definition) is 2. The van der Waals surface area contributed by atoms with Crippen molar-refractivity contribution in [2.45, 2.75) is 6.92 Å². The monoisotopic (exact) mass is 160 g/mol. The van der Waals surface area contributed by atoms with E-state index in [-0.39, 0.29) is 0 Å². The van der Waals surface area contributed by atoms with E-state index in [1.165, 1.54) is 0 Å². The Morgan fingerprint density at radius 3 is 3.17 bits per heavy atom. The zero-order valence-electron chi connectivity index (χ0n) is 6.69. The summed E-state index contributed by atoms with van der Waals surface area (Å²) in [5.41, 5.74) is 2.63. The summed E-state index contributed by atoms with van der Waals surface area (Å²) in [4.78, 5) is 10.5. The molecule has 0 bridgehead atoms. The first kappa shape index (κ1) is 7.03. The average molecular weight is 160 g/mol. The lowest BCUT2D eigenvalue weighted by molar-refractivity contribution is 0.112. The van der Waals surface area contributed by atoms with Crippen molar-refractivity contribution in [1.82, 2.24) is 9.61 Å². The Balaban J connectivity index is 2.83. The van der Waals surface area contributed by atoms with Crippen LogP contribution in [0.25, 0.3) is 5.52 Å². The van der Waals surface area contributed by atoms with Crippen molar-refractivity contribution in [2.75, 3.05) is 0 Å². The molecular weight excluding hydrogens is 152 g/mol. The molecule has 3 heteroatoms. The zero-order chi connectivity index (χ0) is 8.55. The number of carbonyl (C=O) groups excluding carboxylic acids is 1. The molecule has 0 saturated heterocycles. The van der Waals surface area contributed by atoms with E-state index < -0.39 is 0 Å². The number of hydrogen-bond donors (Lipinski definition) is 0. The molecule has 0 fully saturated rings. The zero-order valence-corrected chi connectivity index (χ0v) is 6.69. The number of aromatic nitrogens is 2. The number of pyridine rings is 1. The van der Waals surface area contributed by atoms with Crippen molar-refractivity contribution in [2.24, 2.45) is 0 Å². The lowest BCUT2D eigenvalue weighted by Gasteiger charge is -1.94. The maximum Gasteiger partial charge on any atom is 0.153 e. The molecule has 0 aliphatic rings. The van der Waals surface area contributed by atoms with Crippen LogP contribution >= 0.6 is 0 Å². The second-order valence-corrected chi connectivity index (χ2v) is 2.75. The Bertz CT molecular complexity index is 431. The normalized spacial score (nSPS) is 10.4. The smallest absolute Gasteiger partial charge is 0.153 e. The van der Waals surface area contributed by atoms with E-state index in [9.17, 15) is 4.79 Å². The molecule has 60 valence electrons. The van der Waals surface area contributed by atoms with E-state index in [1.807, 2.05) is 25.3 Å². The molecule has 0 amide bonds. The summed E-state index contributed by atoms with van der Waals surface area (Å²) in [6.45, 7) is 1.99. The molecule has 2 aromatic rings. The summed E-state index contributed by atoms with van der Waals surface area (Å²) in [6.07, 6.45) is 4.24. The van der Waals surface area contributed by atoms with Crippen LogP contribution in [0.2, 0.25) is 0 Å². The van der Waals surface area contributed by atoms with Gasteiger partial charge in [0.15, 0.2) is 6.29 Å². The third-order valence-corrected chi connectivity index (χ3v) is 1.83. The minimum absolute atomic E-state index is 0.638. The number of aldehydes is 1. The predicted octanol–water partition coefficient (Wildman–Crippen LogP) is 1.46. The van der Waals surface area contributed by atoms with Crippen molar-refractivity contribution in [3.05, 3.63) is 35.7 Å². The van der Waals surface area contributed by atoms with Gasteiger partial charge in [-0.15, -0.1) is 0 Å². The van der Waals surface area contributed by atoms with Gasteiger partial charge in [0.1, 0.15) is 0 Å². The van der Waals surface area contributed by atoms with Gasteiger partial charge in [-0.25, -0.2) is 4.52 Å². The highest BCUT2D eigenvalue weighted by Gasteiger charge is 2.00. The van der Waals surface area contributed by atoms with Gasteiger partial charge in [0.05, 0.1) is 17.3 Å². The first-order valence-corrected chi connectivity index (χ1v) is 3.70. The van der Waals surface area contributed by atoms with E-state index in [0.29, 0.717) is 5.56 Å². The maximum atomic E-state index is 10.5. The highest BCUT2D eigenvalue weighted by atomic mass is 16.1. The van der Waals surface area contributed by atoms with Crippen LogP contribution in [0.15, 0.2) is 24.5 Å². The molecule has 2 heterocycles. The molecule has 0 aliphatic carbocycles. The molecule has 2 aromatic heterocycles. The molecule has 0 unspecified atom stereocenters. The lowest BCUT2D eigenvalue weighted by atomic mass is 10.2. The predicted molar refractivity (Wildman–Crippen MR) is 45.3 cm³/mol. The van der Waals surface area contributed by atoms with Gasteiger partial charge in [0, 0.05) is 6.20 Å². The third kappa shape index (κ3) is 0.906.